The quantitative estimate of drug-likeness (QED) is 0.751. The van der Waals surface area contributed by atoms with Crippen LogP contribution < -0.4 is 10.6 Å². The second-order valence-electron chi connectivity index (χ2n) is 5.24. The van der Waals surface area contributed by atoms with Gasteiger partial charge in [-0.1, -0.05) is 12.1 Å². The summed E-state index contributed by atoms with van der Waals surface area (Å²) in [5.41, 5.74) is 3.40. The molecule has 0 atom stereocenters. The average Bonchev–Trinajstić information content (AvgIpc) is 2.58. The number of aromatic nitrogens is 2. The molecule has 6 heteroatoms. The van der Waals surface area contributed by atoms with Crippen molar-refractivity contribution in [3.05, 3.63) is 54.4 Å². The molecule has 0 bridgehead atoms. The Bertz CT molecular complexity index is 875. The van der Waals surface area contributed by atoms with Gasteiger partial charge >= 0.3 is 6.09 Å². The van der Waals surface area contributed by atoms with Crippen molar-refractivity contribution in [3.63, 3.8) is 0 Å². The second kappa shape index (κ2) is 6.95. The van der Waals surface area contributed by atoms with Crippen molar-refractivity contribution < 1.29 is 9.53 Å². The van der Waals surface area contributed by atoms with Crippen LogP contribution in [0.1, 0.15) is 12.5 Å². The fourth-order valence-corrected chi connectivity index (χ4v) is 2.40. The summed E-state index contributed by atoms with van der Waals surface area (Å²) >= 11 is 0. The standard InChI is InChI=1S/C18H18N4O2/c1-3-24-18(23)22-15-9-8-13(10-12(15)2)21-17-14-6-4-5-7-16(14)19-11-20-17/h4-11H,3H2,1-2H3,(H,22,23)(H,19,20,21). The number of hydrogen-bond donors (Lipinski definition) is 2. The van der Waals surface area contributed by atoms with Crippen molar-refractivity contribution in [2.24, 2.45) is 0 Å². The lowest BCUT2D eigenvalue weighted by Gasteiger charge is -2.12. The Morgan fingerprint density at radius 3 is 2.79 bits per heavy atom. The molecule has 0 radical (unpaired) electrons. The molecule has 0 aliphatic carbocycles. The van der Waals surface area contributed by atoms with Crippen LogP contribution in [-0.4, -0.2) is 22.7 Å². The zero-order valence-corrected chi connectivity index (χ0v) is 13.5. The summed E-state index contributed by atoms with van der Waals surface area (Å²) < 4.78 is 4.89. The van der Waals surface area contributed by atoms with E-state index in [4.69, 9.17) is 4.74 Å². The average molecular weight is 322 g/mol. The molecule has 0 aliphatic heterocycles. The molecule has 0 fully saturated rings. The molecule has 122 valence electrons. The van der Waals surface area contributed by atoms with Crippen LogP contribution >= 0.6 is 0 Å². The molecule has 2 aromatic carbocycles. The van der Waals surface area contributed by atoms with Gasteiger partial charge in [0, 0.05) is 16.8 Å². The highest BCUT2D eigenvalue weighted by Gasteiger charge is 2.07. The Labute approximate surface area is 139 Å². The first-order valence-electron chi connectivity index (χ1n) is 7.68. The highest BCUT2D eigenvalue weighted by atomic mass is 16.5. The molecule has 0 saturated carbocycles. The van der Waals surface area contributed by atoms with Crippen LogP contribution in [0.25, 0.3) is 10.9 Å². The summed E-state index contributed by atoms with van der Waals surface area (Å²) in [6.45, 7) is 4.03. The van der Waals surface area contributed by atoms with Crippen molar-refractivity contribution in [2.75, 3.05) is 17.2 Å². The summed E-state index contributed by atoms with van der Waals surface area (Å²) in [5, 5.41) is 6.97. The Morgan fingerprint density at radius 2 is 2.00 bits per heavy atom. The summed E-state index contributed by atoms with van der Waals surface area (Å²) in [6, 6.07) is 13.5. The number of nitrogens with one attached hydrogen (secondary N) is 2. The normalized spacial score (nSPS) is 10.4. The number of rotatable bonds is 4. The molecule has 0 spiro atoms. The first-order chi connectivity index (χ1) is 11.7. The molecule has 3 rings (SSSR count). The van der Waals surface area contributed by atoms with Crippen molar-refractivity contribution in [3.8, 4) is 0 Å². The van der Waals surface area contributed by atoms with Gasteiger partial charge in [0.2, 0.25) is 0 Å². The molecular weight excluding hydrogens is 304 g/mol. The van der Waals surface area contributed by atoms with Crippen molar-refractivity contribution in [1.29, 1.82) is 0 Å². The van der Waals surface area contributed by atoms with Gasteiger partial charge in [0.25, 0.3) is 0 Å². The van der Waals surface area contributed by atoms with Gasteiger partial charge in [-0.25, -0.2) is 14.8 Å². The third-order valence-corrected chi connectivity index (χ3v) is 3.54. The molecule has 0 unspecified atom stereocenters. The number of nitrogens with zero attached hydrogens (tertiary/aromatic N) is 2. The van der Waals surface area contributed by atoms with E-state index >= 15 is 0 Å². The number of hydrogen-bond acceptors (Lipinski definition) is 5. The van der Waals surface area contributed by atoms with Crippen LogP contribution in [0.5, 0.6) is 0 Å². The summed E-state index contributed by atoms with van der Waals surface area (Å²) in [7, 11) is 0. The number of ether oxygens (including phenoxy) is 1. The van der Waals surface area contributed by atoms with Gasteiger partial charge in [-0.15, -0.1) is 0 Å². The summed E-state index contributed by atoms with van der Waals surface area (Å²) in [4.78, 5) is 20.1. The Kier molecular flexibility index (Phi) is 4.56. The molecule has 24 heavy (non-hydrogen) atoms. The molecule has 3 aromatic rings. The molecule has 1 amide bonds. The van der Waals surface area contributed by atoms with Gasteiger partial charge in [-0.05, 0) is 49.7 Å². The topological polar surface area (TPSA) is 76.1 Å². The highest BCUT2D eigenvalue weighted by molar-refractivity contribution is 5.91. The number of fused-ring (bicyclic) bond motifs is 1. The van der Waals surface area contributed by atoms with Crippen molar-refractivity contribution in [2.45, 2.75) is 13.8 Å². The minimum atomic E-state index is -0.455. The number of benzene rings is 2. The lowest BCUT2D eigenvalue weighted by Crippen LogP contribution is -2.14. The van der Waals surface area contributed by atoms with Gasteiger partial charge in [-0.2, -0.15) is 0 Å². The van der Waals surface area contributed by atoms with Crippen LogP contribution in [0.3, 0.4) is 0 Å². The third kappa shape index (κ3) is 3.43. The maximum atomic E-state index is 11.5. The summed E-state index contributed by atoms with van der Waals surface area (Å²) in [6.07, 6.45) is 1.08. The lowest BCUT2D eigenvalue weighted by atomic mass is 10.1. The van der Waals surface area contributed by atoms with E-state index in [0.717, 1.165) is 28.0 Å². The smallest absolute Gasteiger partial charge is 0.411 e. The van der Waals surface area contributed by atoms with E-state index in [9.17, 15) is 4.79 Å². The van der Waals surface area contributed by atoms with Crippen molar-refractivity contribution >= 4 is 34.2 Å². The number of carbonyl (C=O) groups excluding carboxylic acids is 1. The number of carbonyl (C=O) groups is 1. The molecule has 1 heterocycles. The van der Waals surface area contributed by atoms with Gasteiger partial charge in [-0.3, -0.25) is 5.32 Å². The van der Waals surface area contributed by atoms with E-state index in [1.54, 1.807) is 6.92 Å². The first-order valence-corrected chi connectivity index (χ1v) is 7.68. The van der Waals surface area contributed by atoms with Crippen LogP contribution in [-0.2, 0) is 4.74 Å². The Balaban J connectivity index is 1.83. The maximum absolute atomic E-state index is 11.5. The predicted octanol–water partition coefficient (Wildman–Crippen LogP) is 4.25. The lowest BCUT2D eigenvalue weighted by molar-refractivity contribution is 0.168. The van der Waals surface area contributed by atoms with E-state index in [1.165, 1.54) is 6.33 Å². The van der Waals surface area contributed by atoms with Crippen LogP contribution in [0.4, 0.5) is 22.0 Å². The van der Waals surface area contributed by atoms with Crippen molar-refractivity contribution in [1.82, 2.24) is 9.97 Å². The number of amides is 1. The minimum Gasteiger partial charge on any atom is -0.450 e. The van der Waals surface area contributed by atoms with Gasteiger partial charge < -0.3 is 10.1 Å². The summed E-state index contributed by atoms with van der Waals surface area (Å²) in [5.74, 6) is 0.742. The fourth-order valence-electron chi connectivity index (χ4n) is 2.40. The van der Waals surface area contributed by atoms with E-state index in [0.29, 0.717) is 12.3 Å². The van der Waals surface area contributed by atoms with Gasteiger partial charge in [0.1, 0.15) is 12.1 Å². The highest BCUT2D eigenvalue weighted by Crippen LogP contribution is 2.25. The molecule has 2 N–H and O–H groups in total. The SMILES string of the molecule is CCOC(=O)Nc1ccc(Nc2ncnc3ccccc23)cc1C. The first kappa shape index (κ1) is 15.7. The fraction of sp³-hybridized carbons (Fsp3) is 0.167. The van der Waals surface area contributed by atoms with E-state index in [1.807, 2.05) is 49.4 Å². The third-order valence-electron chi connectivity index (χ3n) is 3.54. The predicted molar refractivity (Wildman–Crippen MR) is 94.6 cm³/mol. The number of anilines is 3. The van der Waals surface area contributed by atoms with E-state index < -0.39 is 6.09 Å². The minimum absolute atomic E-state index is 0.339. The largest absolute Gasteiger partial charge is 0.450 e. The molecule has 1 aromatic heterocycles. The second-order valence-corrected chi connectivity index (χ2v) is 5.24. The molecule has 0 saturated heterocycles. The molecular formula is C18H18N4O2. The van der Waals surface area contributed by atoms with Gasteiger partial charge in [0.05, 0.1) is 12.1 Å². The van der Waals surface area contributed by atoms with Crippen LogP contribution in [0.2, 0.25) is 0 Å². The van der Waals surface area contributed by atoms with Crippen LogP contribution in [0, 0.1) is 6.92 Å². The van der Waals surface area contributed by atoms with E-state index in [2.05, 4.69) is 20.6 Å². The zero-order chi connectivity index (χ0) is 16.9. The number of para-hydroxylation sites is 1. The molecule has 0 aliphatic rings. The van der Waals surface area contributed by atoms with E-state index in [-0.39, 0.29) is 0 Å². The van der Waals surface area contributed by atoms with Gasteiger partial charge in [0.15, 0.2) is 0 Å². The van der Waals surface area contributed by atoms with Crippen LogP contribution in [0.15, 0.2) is 48.8 Å². The maximum Gasteiger partial charge on any atom is 0.411 e. The monoisotopic (exact) mass is 322 g/mol. The molecule has 6 nitrogen and oxygen atoms in total. The number of aryl methyl sites for hydroxylation is 1. The Hall–Kier alpha value is -3.15. The zero-order valence-electron chi connectivity index (χ0n) is 13.5. The Morgan fingerprint density at radius 1 is 1.17 bits per heavy atom.